The highest BCUT2D eigenvalue weighted by Gasteiger charge is 2.19. The molecular formula is C64H102O6. The van der Waals surface area contributed by atoms with Crippen LogP contribution in [0.25, 0.3) is 0 Å². The monoisotopic (exact) mass is 967 g/mol. The number of hydrogen-bond donors (Lipinski definition) is 0. The minimum absolute atomic E-state index is 0.0925. The first-order chi connectivity index (χ1) is 34.5. The zero-order chi connectivity index (χ0) is 50.7. The van der Waals surface area contributed by atoms with E-state index in [1.54, 1.807) is 6.08 Å². The average molecular weight is 968 g/mol. The van der Waals surface area contributed by atoms with Gasteiger partial charge in [-0.25, -0.2) is 0 Å². The molecule has 70 heavy (non-hydrogen) atoms. The molecule has 0 aliphatic rings. The van der Waals surface area contributed by atoms with Gasteiger partial charge in [-0.1, -0.05) is 251 Å². The Labute approximate surface area is 430 Å². The molecule has 0 heterocycles. The van der Waals surface area contributed by atoms with Gasteiger partial charge in [0.25, 0.3) is 0 Å². The van der Waals surface area contributed by atoms with Crippen molar-refractivity contribution in [2.75, 3.05) is 13.2 Å². The van der Waals surface area contributed by atoms with Crippen molar-refractivity contribution in [1.82, 2.24) is 0 Å². The normalized spacial score (nSPS) is 13.1. The molecule has 0 saturated carbocycles. The standard InChI is InChI=1S/C64H102O6/c1-4-7-10-13-16-19-21-23-25-26-27-28-29-30-31-32-33-34-35-36-37-38-40-41-43-45-48-51-54-57-63(66)69-60-61(59-68-62(65)56-53-50-47-18-15-12-9-6-3)70-64(67)58-55-52-49-46-44-42-39-24-22-20-17-14-11-8-5-2/h7-8,10-11,16-17,19-20,23-25,27-28,30-31,33-34,39,44,46,52,55,61H,4-6,9,12-15,18,21-22,26,29,32,35-38,40-43,45,47-51,53-54,56-60H2,1-3H3/b10-7-,11-8-,19-16-,20-17-,25-23-,28-27-,31-30-,34-33-,39-24-,46-44-,55-52-. The second-order valence-electron chi connectivity index (χ2n) is 18.1. The Morgan fingerprint density at radius 2 is 0.600 bits per heavy atom. The van der Waals surface area contributed by atoms with Gasteiger partial charge in [0.15, 0.2) is 6.10 Å². The molecule has 0 N–H and O–H groups in total. The Bertz CT molecular complexity index is 1530. The number of allylic oxidation sites excluding steroid dienone is 21. The van der Waals surface area contributed by atoms with Gasteiger partial charge in [0.2, 0.25) is 0 Å². The van der Waals surface area contributed by atoms with Crippen LogP contribution in [-0.2, 0) is 28.6 Å². The first-order valence-electron chi connectivity index (χ1n) is 28.2. The Morgan fingerprint density at radius 3 is 0.943 bits per heavy atom. The summed E-state index contributed by atoms with van der Waals surface area (Å²) in [5.41, 5.74) is 0. The summed E-state index contributed by atoms with van der Waals surface area (Å²) < 4.78 is 16.7. The number of hydrogen-bond acceptors (Lipinski definition) is 6. The van der Waals surface area contributed by atoms with Gasteiger partial charge in [-0.05, 0) is 96.3 Å². The summed E-state index contributed by atoms with van der Waals surface area (Å²) in [6.07, 6.45) is 80.6. The maximum absolute atomic E-state index is 12.7. The fraction of sp³-hybridized carbons (Fsp3) is 0.609. The van der Waals surface area contributed by atoms with E-state index in [9.17, 15) is 14.4 Å². The zero-order valence-electron chi connectivity index (χ0n) is 45.0. The van der Waals surface area contributed by atoms with Crippen LogP contribution in [0.15, 0.2) is 134 Å². The molecule has 0 aliphatic heterocycles. The van der Waals surface area contributed by atoms with Crippen LogP contribution in [0.3, 0.4) is 0 Å². The minimum atomic E-state index is -0.835. The van der Waals surface area contributed by atoms with E-state index in [-0.39, 0.29) is 31.6 Å². The van der Waals surface area contributed by atoms with Crippen LogP contribution in [0.5, 0.6) is 0 Å². The lowest BCUT2D eigenvalue weighted by molar-refractivity contribution is -0.166. The van der Waals surface area contributed by atoms with Crippen LogP contribution in [0.2, 0.25) is 0 Å². The van der Waals surface area contributed by atoms with Crippen molar-refractivity contribution in [3.05, 3.63) is 134 Å². The molecule has 0 radical (unpaired) electrons. The van der Waals surface area contributed by atoms with Gasteiger partial charge in [0, 0.05) is 12.8 Å². The average Bonchev–Trinajstić information content (AvgIpc) is 3.36. The van der Waals surface area contributed by atoms with Crippen molar-refractivity contribution in [3.8, 4) is 0 Å². The molecule has 0 saturated heterocycles. The third-order valence-electron chi connectivity index (χ3n) is 11.4. The molecule has 0 aromatic rings. The molecule has 6 nitrogen and oxygen atoms in total. The fourth-order valence-electron chi connectivity index (χ4n) is 7.29. The highest BCUT2D eigenvalue weighted by molar-refractivity contribution is 5.72. The van der Waals surface area contributed by atoms with Crippen LogP contribution in [0, 0.1) is 0 Å². The Balaban J connectivity index is 4.27. The molecule has 0 fully saturated rings. The third kappa shape index (κ3) is 54.5. The highest BCUT2D eigenvalue weighted by Crippen LogP contribution is 2.14. The second kappa shape index (κ2) is 57.1. The first kappa shape index (κ1) is 65.5. The van der Waals surface area contributed by atoms with Crippen LogP contribution >= 0.6 is 0 Å². The molecule has 0 aliphatic carbocycles. The predicted octanol–water partition coefficient (Wildman–Crippen LogP) is 19.0. The van der Waals surface area contributed by atoms with E-state index in [0.29, 0.717) is 12.8 Å². The Hall–Kier alpha value is -4.45. The number of rotatable bonds is 49. The number of ether oxygens (including phenoxy) is 3. The smallest absolute Gasteiger partial charge is 0.310 e. The Kier molecular flexibility index (Phi) is 53.5. The lowest BCUT2D eigenvalue weighted by atomic mass is 10.1. The third-order valence-corrected chi connectivity index (χ3v) is 11.4. The summed E-state index contributed by atoms with van der Waals surface area (Å²) in [6.45, 7) is 6.28. The molecule has 1 atom stereocenters. The molecule has 6 heteroatoms. The van der Waals surface area contributed by atoms with E-state index < -0.39 is 12.1 Å². The van der Waals surface area contributed by atoms with E-state index in [1.165, 1.54) is 77.0 Å². The van der Waals surface area contributed by atoms with Crippen molar-refractivity contribution in [2.45, 2.75) is 239 Å². The minimum Gasteiger partial charge on any atom is -0.462 e. The predicted molar refractivity (Wildman–Crippen MR) is 302 cm³/mol. The zero-order valence-corrected chi connectivity index (χ0v) is 45.0. The van der Waals surface area contributed by atoms with Crippen LogP contribution in [-0.4, -0.2) is 37.2 Å². The number of carbonyl (C=O) groups excluding carboxylic acids is 3. The molecule has 0 aromatic carbocycles. The summed E-state index contributed by atoms with van der Waals surface area (Å²) in [7, 11) is 0. The van der Waals surface area contributed by atoms with Crippen LogP contribution < -0.4 is 0 Å². The summed E-state index contributed by atoms with van der Waals surface area (Å²) >= 11 is 0. The molecule has 0 aromatic heterocycles. The number of carbonyl (C=O) groups is 3. The lowest BCUT2D eigenvalue weighted by Gasteiger charge is -2.18. The van der Waals surface area contributed by atoms with Crippen molar-refractivity contribution in [1.29, 1.82) is 0 Å². The van der Waals surface area contributed by atoms with Gasteiger partial charge in [-0.2, -0.15) is 0 Å². The maximum atomic E-state index is 12.7. The van der Waals surface area contributed by atoms with E-state index in [2.05, 4.69) is 142 Å². The van der Waals surface area contributed by atoms with E-state index in [1.807, 2.05) is 6.08 Å². The lowest BCUT2D eigenvalue weighted by Crippen LogP contribution is -2.30. The largest absolute Gasteiger partial charge is 0.462 e. The summed E-state index contributed by atoms with van der Waals surface area (Å²) in [6, 6.07) is 0. The number of esters is 3. The van der Waals surface area contributed by atoms with Crippen molar-refractivity contribution in [2.24, 2.45) is 0 Å². The molecule has 0 bridgehead atoms. The summed E-state index contributed by atoms with van der Waals surface area (Å²) in [4.78, 5) is 37.9. The van der Waals surface area contributed by atoms with Crippen molar-refractivity contribution >= 4 is 17.9 Å². The molecular weight excluding hydrogens is 865 g/mol. The van der Waals surface area contributed by atoms with Gasteiger partial charge in [-0.15, -0.1) is 0 Å². The maximum Gasteiger partial charge on any atom is 0.310 e. The molecule has 0 rings (SSSR count). The summed E-state index contributed by atoms with van der Waals surface area (Å²) in [5, 5.41) is 0. The van der Waals surface area contributed by atoms with E-state index in [0.717, 1.165) is 116 Å². The summed E-state index contributed by atoms with van der Waals surface area (Å²) in [5.74, 6) is -1.07. The van der Waals surface area contributed by atoms with Gasteiger partial charge in [0.05, 0.1) is 6.42 Å². The number of unbranched alkanes of at least 4 members (excludes halogenated alkanes) is 17. The second-order valence-corrected chi connectivity index (χ2v) is 18.1. The molecule has 394 valence electrons. The fourth-order valence-corrected chi connectivity index (χ4v) is 7.29. The quantitative estimate of drug-likeness (QED) is 0.0262. The molecule has 1 unspecified atom stereocenters. The van der Waals surface area contributed by atoms with Crippen molar-refractivity contribution in [3.63, 3.8) is 0 Å². The molecule has 0 amide bonds. The topological polar surface area (TPSA) is 78.9 Å². The van der Waals surface area contributed by atoms with Gasteiger partial charge >= 0.3 is 17.9 Å². The van der Waals surface area contributed by atoms with Gasteiger partial charge in [0.1, 0.15) is 13.2 Å². The van der Waals surface area contributed by atoms with Gasteiger partial charge in [-0.3, -0.25) is 14.4 Å². The van der Waals surface area contributed by atoms with E-state index >= 15 is 0 Å². The Morgan fingerprint density at radius 1 is 0.314 bits per heavy atom. The first-order valence-corrected chi connectivity index (χ1v) is 28.2. The van der Waals surface area contributed by atoms with Crippen LogP contribution in [0.1, 0.15) is 233 Å². The SMILES string of the molecule is CC/C=C\C/C=C\C/C=C\C/C=C\C/C=C\C/C=C\CCCCCCCCCCCCC(=O)OCC(COC(=O)CCCCCCCCCC)OC(=O)C/C=C\C/C=C\C/C=C\C/C=C\C/C=C\CC. The molecule has 0 spiro atoms. The van der Waals surface area contributed by atoms with E-state index in [4.69, 9.17) is 14.2 Å². The van der Waals surface area contributed by atoms with Gasteiger partial charge < -0.3 is 14.2 Å². The van der Waals surface area contributed by atoms with Crippen LogP contribution in [0.4, 0.5) is 0 Å². The highest BCUT2D eigenvalue weighted by atomic mass is 16.6. The van der Waals surface area contributed by atoms with Crippen molar-refractivity contribution < 1.29 is 28.6 Å².